The third-order valence-electron chi connectivity index (χ3n) is 3.04. The van der Waals surface area contributed by atoms with Gasteiger partial charge in [0, 0.05) is 12.1 Å². The van der Waals surface area contributed by atoms with Crippen molar-refractivity contribution in [2.24, 2.45) is 5.10 Å². The van der Waals surface area contributed by atoms with E-state index in [1.807, 2.05) is 0 Å². The van der Waals surface area contributed by atoms with Crippen LogP contribution >= 0.6 is 0 Å². The molecule has 0 aliphatic rings. The number of halogens is 3. The van der Waals surface area contributed by atoms with Crippen LogP contribution in [0.5, 0.6) is 0 Å². The monoisotopic (exact) mass is 354 g/mol. The number of alkyl halides is 3. The molecule has 0 spiro atoms. The van der Waals surface area contributed by atoms with Crippen molar-refractivity contribution in [1.82, 2.24) is 0 Å². The first-order valence-electron chi connectivity index (χ1n) is 6.58. The Bertz CT molecular complexity index is 852. The van der Waals surface area contributed by atoms with Gasteiger partial charge < -0.3 is 0 Å². The Labute approximate surface area is 137 Å². The lowest BCUT2D eigenvalue weighted by molar-refractivity contribution is -0.385. The Kier molecular flexibility index (Phi) is 4.96. The van der Waals surface area contributed by atoms with Gasteiger partial charge in [-0.2, -0.15) is 18.3 Å². The SMILES string of the molecule is O=[N+]([O-])c1ccccc1/C=N/Nc1ccc(C(F)(F)F)cc1[N+](=O)[O-]. The van der Waals surface area contributed by atoms with Crippen LogP contribution < -0.4 is 5.43 Å². The van der Waals surface area contributed by atoms with Gasteiger partial charge >= 0.3 is 6.18 Å². The van der Waals surface area contributed by atoms with E-state index in [1.165, 1.54) is 24.3 Å². The topological polar surface area (TPSA) is 111 Å². The van der Waals surface area contributed by atoms with Crippen LogP contribution in [0.4, 0.5) is 30.2 Å². The summed E-state index contributed by atoms with van der Waals surface area (Å²) < 4.78 is 37.9. The summed E-state index contributed by atoms with van der Waals surface area (Å²) in [4.78, 5) is 20.2. The van der Waals surface area contributed by atoms with E-state index in [4.69, 9.17) is 0 Å². The summed E-state index contributed by atoms with van der Waals surface area (Å²) in [5.74, 6) is 0. The molecule has 0 fully saturated rings. The number of nitrogens with one attached hydrogen (secondary N) is 1. The fourth-order valence-corrected chi connectivity index (χ4v) is 1.89. The van der Waals surface area contributed by atoms with Gasteiger partial charge in [-0.3, -0.25) is 25.7 Å². The molecule has 2 aromatic carbocycles. The van der Waals surface area contributed by atoms with E-state index in [9.17, 15) is 33.4 Å². The summed E-state index contributed by atoms with van der Waals surface area (Å²) >= 11 is 0. The Morgan fingerprint density at radius 3 is 2.24 bits per heavy atom. The first-order valence-corrected chi connectivity index (χ1v) is 6.58. The maximum absolute atomic E-state index is 12.6. The summed E-state index contributed by atoms with van der Waals surface area (Å²) in [5.41, 5.74) is -0.178. The van der Waals surface area contributed by atoms with Gasteiger partial charge in [-0.25, -0.2) is 0 Å². The minimum absolute atomic E-state index is 0.120. The molecule has 0 saturated heterocycles. The van der Waals surface area contributed by atoms with Gasteiger partial charge in [0.2, 0.25) is 0 Å². The van der Waals surface area contributed by atoms with E-state index >= 15 is 0 Å². The van der Waals surface area contributed by atoms with Crippen LogP contribution in [0.25, 0.3) is 0 Å². The van der Waals surface area contributed by atoms with Gasteiger partial charge in [0.05, 0.1) is 27.2 Å². The largest absolute Gasteiger partial charge is 0.416 e. The van der Waals surface area contributed by atoms with Crippen LogP contribution in [-0.4, -0.2) is 16.1 Å². The van der Waals surface area contributed by atoms with Crippen LogP contribution in [0.2, 0.25) is 0 Å². The molecule has 11 heteroatoms. The summed E-state index contributed by atoms with van der Waals surface area (Å²) in [5, 5.41) is 25.4. The van der Waals surface area contributed by atoms with Crippen molar-refractivity contribution in [3.63, 3.8) is 0 Å². The molecule has 130 valence electrons. The van der Waals surface area contributed by atoms with Crippen molar-refractivity contribution in [2.75, 3.05) is 5.43 Å². The summed E-state index contributed by atoms with van der Waals surface area (Å²) in [6.07, 6.45) is -3.68. The van der Waals surface area contributed by atoms with Gasteiger partial charge in [-0.05, 0) is 18.2 Å². The average Bonchev–Trinajstić information content (AvgIpc) is 2.54. The first-order chi connectivity index (χ1) is 11.7. The average molecular weight is 354 g/mol. The predicted octanol–water partition coefficient (Wildman–Crippen LogP) is 3.97. The molecule has 25 heavy (non-hydrogen) atoms. The van der Waals surface area contributed by atoms with Gasteiger partial charge in [-0.1, -0.05) is 12.1 Å². The molecule has 2 aromatic rings. The predicted molar refractivity (Wildman–Crippen MR) is 82.4 cm³/mol. The van der Waals surface area contributed by atoms with E-state index in [0.29, 0.717) is 12.1 Å². The molecule has 0 aromatic heterocycles. The van der Waals surface area contributed by atoms with Crippen LogP contribution in [0.15, 0.2) is 47.6 Å². The number of hydrogen-bond acceptors (Lipinski definition) is 6. The van der Waals surface area contributed by atoms with Crippen molar-refractivity contribution in [1.29, 1.82) is 0 Å². The number of nitro groups is 2. The number of para-hydroxylation sites is 1. The standard InChI is InChI=1S/C14H9F3N4O4/c15-14(16,17)10-5-6-11(13(7-10)21(24)25)19-18-8-9-3-1-2-4-12(9)20(22)23/h1-8,19H/b18-8+. The van der Waals surface area contributed by atoms with Crippen LogP contribution in [0.3, 0.4) is 0 Å². The minimum atomic E-state index is -4.72. The van der Waals surface area contributed by atoms with E-state index in [0.717, 1.165) is 12.3 Å². The minimum Gasteiger partial charge on any atom is -0.272 e. The fourth-order valence-electron chi connectivity index (χ4n) is 1.89. The zero-order valence-electron chi connectivity index (χ0n) is 12.2. The Balaban J connectivity index is 2.29. The Morgan fingerprint density at radius 2 is 1.64 bits per heavy atom. The molecular formula is C14H9F3N4O4. The number of benzene rings is 2. The third-order valence-corrected chi connectivity index (χ3v) is 3.04. The molecule has 8 nitrogen and oxygen atoms in total. The highest BCUT2D eigenvalue weighted by Crippen LogP contribution is 2.34. The first kappa shape index (κ1) is 17.8. The van der Waals surface area contributed by atoms with Crippen molar-refractivity contribution in [3.8, 4) is 0 Å². The Morgan fingerprint density at radius 1 is 1.00 bits per heavy atom. The van der Waals surface area contributed by atoms with Gasteiger partial charge in [-0.15, -0.1) is 0 Å². The smallest absolute Gasteiger partial charge is 0.272 e. The van der Waals surface area contributed by atoms with Crippen LogP contribution in [-0.2, 0) is 6.18 Å². The lowest BCUT2D eigenvalue weighted by Crippen LogP contribution is -2.06. The zero-order chi connectivity index (χ0) is 18.6. The number of anilines is 1. The highest BCUT2D eigenvalue weighted by molar-refractivity contribution is 5.85. The van der Waals surface area contributed by atoms with Crippen molar-refractivity contribution in [3.05, 3.63) is 73.8 Å². The number of hydrazone groups is 1. The maximum atomic E-state index is 12.6. The molecule has 1 N–H and O–H groups in total. The zero-order valence-corrected chi connectivity index (χ0v) is 12.2. The Hall–Kier alpha value is -3.50. The fraction of sp³-hybridized carbons (Fsp3) is 0.0714. The molecule has 0 unspecified atom stereocenters. The highest BCUT2D eigenvalue weighted by atomic mass is 19.4. The maximum Gasteiger partial charge on any atom is 0.416 e. The van der Waals surface area contributed by atoms with Crippen LogP contribution in [0, 0.1) is 20.2 Å². The molecule has 0 bridgehead atoms. The molecule has 0 atom stereocenters. The quantitative estimate of drug-likeness (QED) is 0.496. The van der Waals surface area contributed by atoms with E-state index in [-0.39, 0.29) is 16.9 Å². The summed E-state index contributed by atoms with van der Waals surface area (Å²) in [7, 11) is 0. The summed E-state index contributed by atoms with van der Waals surface area (Å²) in [6.45, 7) is 0. The normalized spacial score (nSPS) is 11.5. The second-order valence-electron chi connectivity index (χ2n) is 4.67. The lowest BCUT2D eigenvalue weighted by Gasteiger charge is -2.08. The van der Waals surface area contributed by atoms with Gasteiger partial charge in [0.25, 0.3) is 11.4 Å². The molecule has 0 saturated carbocycles. The highest BCUT2D eigenvalue weighted by Gasteiger charge is 2.33. The molecular weight excluding hydrogens is 345 g/mol. The second-order valence-corrected chi connectivity index (χ2v) is 4.67. The molecule has 2 rings (SSSR count). The number of rotatable bonds is 5. The molecule has 0 aliphatic heterocycles. The van der Waals surface area contributed by atoms with Crippen molar-refractivity contribution in [2.45, 2.75) is 6.18 Å². The van der Waals surface area contributed by atoms with E-state index in [1.54, 1.807) is 0 Å². The van der Waals surface area contributed by atoms with E-state index in [2.05, 4.69) is 10.5 Å². The van der Waals surface area contributed by atoms with Gasteiger partial charge in [0.1, 0.15) is 5.69 Å². The number of hydrogen-bond donors (Lipinski definition) is 1. The lowest BCUT2D eigenvalue weighted by atomic mass is 10.1. The third kappa shape index (κ3) is 4.28. The second kappa shape index (κ2) is 6.95. The van der Waals surface area contributed by atoms with Crippen LogP contribution in [0.1, 0.15) is 11.1 Å². The molecule has 0 amide bonds. The van der Waals surface area contributed by atoms with Gasteiger partial charge in [0.15, 0.2) is 0 Å². The summed E-state index contributed by atoms with van der Waals surface area (Å²) in [6, 6.07) is 7.50. The molecule has 0 aliphatic carbocycles. The molecule has 0 heterocycles. The van der Waals surface area contributed by atoms with E-state index < -0.39 is 27.3 Å². The number of nitro benzene ring substituents is 2. The number of nitrogens with zero attached hydrogens (tertiary/aromatic N) is 3. The van der Waals surface area contributed by atoms with Crippen molar-refractivity contribution < 1.29 is 23.0 Å². The molecule has 0 radical (unpaired) electrons. The van der Waals surface area contributed by atoms with Crippen molar-refractivity contribution >= 4 is 23.3 Å².